The van der Waals surface area contributed by atoms with Crippen LogP contribution in [0.2, 0.25) is 0 Å². The van der Waals surface area contributed by atoms with Crippen molar-refractivity contribution >= 4 is 17.9 Å². The highest BCUT2D eigenvalue weighted by atomic mass is 16.6. The van der Waals surface area contributed by atoms with Gasteiger partial charge in [-0.3, -0.25) is 14.4 Å². The van der Waals surface area contributed by atoms with E-state index in [-0.39, 0.29) is 31.1 Å². The number of hydrogen-bond acceptors (Lipinski definition) is 6. The van der Waals surface area contributed by atoms with Crippen molar-refractivity contribution in [1.82, 2.24) is 0 Å². The Morgan fingerprint density at radius 3 is 1.02 bits per heavy atom. The SMILES string of the molecule is CCCCC/C=C\C/C=C\C/C=C\CCCCCCCCC(=O)OC[C@@H](COC(=O)CCCCCCCCCCC)OC(=O)CCCCCCC/C=C\CCCCC. The average molecular weight is 813 g/mol. The van der Waals surface area contributed by atoms with Gasteiger partial charge in [0.15, 0.2) is 6.10 Å². The summed E-state index contributed by atoms with van der Waals surface area (Å²) in [6.07, 6.45) is 55.2. The summed E-state index contributed by atoms with van der Waals surface area (Å²) in [7, 11) is 0. The van der Waals surface area contributed by atoms with Crippen LogP contribution in [-0.2, 0) is 28.6 Å². The van der Waals surface area contributed by atoms with Gasteiger partial charge >= 0.3 is 17.9 Å². The summed E-state index contributed by atoms with van der Waals surface area (Å²) in [5.74, 6) is -0.902. The molecule has 0 bridgehead atoms. The van der Waals surface area contributed by atoms with Crippen LogP contribution in [-0.4, -0.2) is 37.2 Å². The minimum Gasteiger partial charge on any atom is -0.462 e. The lowest BCUT2D eigenvalue weighted by molar-refractivity contribution is -0.167. The summed E-state index contributed by atoms with van der Waals surface area (Å²) in [6.45, 7) is 6.55. The summed E-state index contributed by atoms with van der Waals surface area (Å²) in [5.41, 5.74) is 0. The fourth-order valence-corrected chi connectivity index (χ4v) is 6.80. The summed E-state index contributed by atoms with van der Waals surface area (Å²) < 4.78 is 16.7. The van der Waals surface area contributed by atoms with Gasteiger partial charge in [-0.05, 0) is 83.5 Å². The summed E-state index contributed by atoms with van der Waals surface area (Å²) >= 11 is 0. The molecule has 6 nitrogen and oxygen atoms in total. The molecule has 0 saturated heterocycles. The van der Waals surface area contributed by atoms with Gasteiger partial charge in [0.25, 0.3) is 0 Å². The van der Waals surface area contributed by atoms with Gasteiger partial charge in [-0.25, -0.2) is 0 Å². The molecule has 0 N–H and O–H groups in total. The van der Waals surface area contributed by atoms with E-state index >= 15 is 0 Å². The highest BCUT2D eigenvalue weighted by Gasteiger charge is 2.19. The Labute approximate surface area is 358 Å². The molecule has 0 fully saturated rings. The molecule has 0 spiro atoms. The first-order valence-corrected chi connectivity index (χ1v) is 24.6. The number of carbonyl (C=O) groups is 3. The molecule has 0 unspecified atom stereocenters. The lowest BCUT2D eigenvalue weighted by atomic mass is 10.1. The maximum Gasteiger partial charge on any atom is 0.306 e. The fraction of sp³-hybridized carbons (Fsp3) is 0.788. The van der Waals surface area contributed by atoms with Gasteiger partial charge in [-0.1, -0.05) is 191 Å². The number of carbonyl (C=O) groups excluding carboxylic acids is 3. The minimum atomic E-state index is -0.778. The van der Waals surface area contributed by atoms with Crippen LogP contribution in [0.5, 0.6) is 0 Å². The standard InChI is InChI=1S/C52H92O6/c1-4-7-10-13-16-19-21-23-24-25-26-27-28-29-31-33-36-39-42-45-51(54)57-48-49(47-56-50(53)44-41-38-35-32-18-15-12-9-6-3)58-52(55)46-43-40-37-34-30-22-20-17-14-11-8-5-2/h16-17,19-20,23-24,26-27,49H,4-15,18,21-22,25,28-48H2,1-3H3/b19-16-,20-17-,24-23-,27-26-/t49-/m1/s1. The highest BCUT2D eigenvalue weighted by Crippen LogP contribution is 2.14. The molecule has 0 saturated carbocycles. The Hall–Kier alpha value is -2.63. The molecular weight excluding hydrogens is 721 g/mol. The number of esters is 3. The second-order valence-corrected chi connectivity index (χ2v) is 16.4. The van der Waals surface area contributed by atoms with Crippen molar-refractivity contribution in [3.8, 4) is 0 Å². The molecule has 0 aromatic rings. The van der Waals surface area contributed by atoms with Gasteiger partial charge in [-0.15, -0.1) is 0 Å². The fourth-order valence-electron chi connectivity index (χ4n) is 6.80. The smallest absolute Gasteiger partial charge is 0.306 e. The molecule has 58 heavy (non-hydrogen) atoms. The largest absolute Gasteiger partial charge is 0.462 e. The number of ether oxygens (including phenoxy) is 3. The van der Waals surface area contributed by atoms with E-state index in [4.69, 9.17) is 14.2 Å². The normalized spacial score (nSPS) is 12.4. The summed E-state index contributed by atoms with van der Waals surface area (Å²) in [6, 6.07) is 0. The van der Waals surface area contributed by atoms with E-state index in [1.807, 2.05) is 0 Å². The maximum atomic E-state index is 12.7. The Morgan fingerprint density at radius 1 is 0.345 bits per heavy atom. The van der Waals surface area contributed by atoms with Crippen molar-refractivity contribution in [2.45, 2.75) is 252 Å². The van der Waals surface area contributed by atoms with Crippen LogP contribution in [0.15, 0.2) is 48.6 Å². The van der Waals surface area contributed by atoms with E-state index < -0.39 is 6.10 Å². The maximum absolute atomic E-state index is 12.7. The summed E-state index contributed by atoms with van der Waals surface area (Å²) in [4.78, 5) is 37.8. The second-order valence-electron chi connectivity index (χ2n) is 16.4. The predicted molar refractivity (Wildman–Crippen MR) is 247 cm³/mol. The minimum absolute atomic E-state index is 0.0794. The summed E-state index contributed by atoms with van der Waals surface area (Å²) in [5, 5.41) is 0. The first-order valence-electron chi connectivity index (χ1n) is 24.6. The topological polar surface area (TPSA) is 78.9 Å². The molecule has 0 aliphatic carbocycles. The van der Waals surface area contributed by atoms with Crippen molar-refractivity contribution in [1.29, 1.82) is 0 Å². The van der Waals surface area contributed by atoms with Crippen LogP contribution in [0.3, 0.4) is 0 Å². The number of unbranched alkanes of at least 4 members (excludes halogenated alkanes) is 25. The van der Waals surface area contributed by atoms with Crippen LogP contribution in [0.4, 0.5) is 0 Å². The third-order valence-electron chi connectivity index (χ3n) is 10.6. The van der Waals surface area contributed by atoms with Crippen LogP contribution in [0, 0.1) is 0 Å². The zero-order chi connectivity index (χ0) is 42.3. The van der Waals surface area contributed by atoms with Crippen molar-refractivity contribution in [3.63, 3.8) is 0 Å². The highest BCUT2D eigenvalue weighted by molar-refractivity contribution is 5.71. The zero-order valence-corrected chi connectivity index (χ0v) is 38.3. The van der Waals surface area contributed by atoms with Crippen molar-refractivity contribution in [2.75, 3.05) is 13.2 Å². The predicted octanol–water partition coefficient (Wildman–Crippen LogP) is 15.9. The number of allylic oxidation sites excluding steroid dienone is 8. The first kappa shape index (κ1) is 55.4. The molecule has 0 aromatic carbocycles. The monoisotopic (exact) mass is 813 g/mol. The Balaban J connectivity index is 4.33. The van der Waals surface area contributed by atoms with E-state index in [0.29, 0.717) is 19.3 Å². The average Bonchev–Trinajstić information content (AvgIpc) is 3.22. The number of rotatable bonds is 44. The van der Waals surface area contributed by atoms with E-state index in [9.17, 15) is 14.4 Å². The van der Waals surface area contributed by atoms with Gasteiger partial charge < -0.3 is 14.2 Å². The van der Waals surface area contributed by atoms with E-state index in [2.05, 4.69) is 69.4 Å². The Kier molecular flexibility index (Phi) is 44.9. The Morgan fingerprint density at radius 2 is 0.621 bits per heavy atom. The quantitative estimate of drug-likeness (QED) is 0.0264. The zero-order valence-electron chi connectivity index (χ0n) is 38.3. The van der Waals surface area contributed by atoms with Crippen LogP contribution < -0.4 is 0 Å². The molecule has 6 heteroatoms. The van der Waals surface area contributed by atoms with Gasteiger partial charge in [-0.2, -0.15) is 0 Å². The molecule has 0 rings (SSSR count). The van der Waals surface area contributed by atoms with E-state index in [1.165, 1.54) is 116 Å². The molecule has 1 atom stereocenters. The lowest BCUT2D eigenvalue weighted by Gasteiger charge is -2.18. The molecular formula is C52H92O6. The van der Waals surface area contributed by atoms with Gasteiger partial charge in [0.1, 0.15) is 13.2 Å². The van der Waals surface area contributed by atoms with Gasteiger partial charge in [0.2, 0.25) is 0 Å². The van der Waals surface area contributed by atoms with Crippen LogP contribution >= 0.6 is 0 Å². The molecule has 336 valence electrons. The lowest BCUT2D eigenvalue weighted by Crippen LogP contribution is -2.30. The molecule has 0 aliphatic heterocycles. The molecule has 0 aliphatic rings. The molecule has 0 amide bonds. The van der Waals surface area contributed by atoms with Crippen molar-refractivity contribution < 1.29 is 28.6 Å². The van der Waals surface area contributed by atoms with Crippen molar-refractivity contribution in [2.24, 2.45) is 0 Å². The molecule has 0 aromatic heterocycles. The Bertz CT molecular complexity index is 1030. The van der Waals surface area contributed by atoms with Gasteiger partial charge in [0, 0.05) is 19.3 Å². The molecule has 0 heterocycles. The van der Waals surface area contributed by atoms with Crippen molar-refractivity contribution in [3.05, 3.63) is 48.6 Å². The van der Waals surface area contributed by atoms with Crippen LogP contribution in [0.1, 0.15) is 245 Å². The van der Waals surface area contributed by atoms with Crippen LogP contribution in [0.25, 0.3) is 0 Å². The third kappa shape index (κ3) is 44.5. The first-order chi connectivity index (χ1) is 28.5. The number of hydrogen-bond donors (Lipinski definition) is 0. The third-order valence-corrected chi connectivity index (χ3v) is 10.6. The molecule has 0 radical (unpaired) electrons. The van der Waals surface area contributed by atoms with E-state index in [0.717, 1.165) is 89.9 Å². The van der Waals surface area contributed by atoms with E-state index in [1.54, 1.807) is 0 Å². The second kappa shape index (κ2) is 47.1. The van der Waals surface area contributed by atoms with Gasteiger partial charge in [0.05, 0.1) is 0 Å².